The zero-order chi connectivity index (χ0) is 22.5. The van der Waals surface area contributed by atoms with Gasteiger partial charge in [0.2, 0.25) is 10.8 Å². The van der Waals surface area contributed by atoms with Crippen LogP contribution >= 0.6 is 11.8 Å². The molecule has 3 aromatic carbocycles. The Morgan fingerprint density at radius 1 is 1.06 bits per heavy atom. The van der Waals surface area contributed by atoms with Gasteiger partial charge in [-0.05, 0) is 48.4 Å². The zero-order valence-electron chi connectivity index (χ0n) is 17.7. The van der Waals surface area contributed by atoms with Gasteiger partial charge >= 0.3 is 0 Å². The number of rotatable bonds is 4. The molecule has 3 aromatic rings. The van der Waals surface area contributed by atoms with E-state index in [0.29, 0.717) is 23.5 Å². The van der Waals surface area contributed by atoms with Crippen molar-refractivity contribution in [1.29, 1.82) is 0 Å². The average Bonchev–Trinajstić information content (AvgIpc) is 3.27. The van der Waals surface area contributed by atoms with E-state index in [9.17, 15) is 14.0 Å². The SMILES string of the molecule is COc1cccc(CN2C(=O)C3(SCC(=O)N3c3ccc(C)c(F)c3)c3ccccc32)c1. The number of nitrogens with zero attached hydrogens (tertiary/aromatic N) is 2. The molecule has 0 aliphatic carbocycles. The lowest BCUT2D eigenvalue weighted by Crippen LogP contribution is -2.49. The Kier molecular flexibility index (Phi) is 4.93. The number of ether oxygens (including phenoxy) is 1. The van der Waals surface area contributed by atoms with Gasteiger partial charge in [0, 0.05) is 11.3 Å². The molecule has 2 aliphatic rings. The van der Waals surface area contributed by atoms with Crippen LogP contribution in [0.25, 0.3) is 0 Å². The third-order valence-corrected chi connectivity index (χ3v) is 7.34. The Morgan fingerprint density at radius 3 is 2.66 bits per heavy atom. The summed E-state index contributed by atoms with van der Waals surface area (Å²) < 4.78 is 19.7. The van der Waals surface area contributed by atoms with Crippen LogP contribution in [-0.2, 0) is 21.0 Å². The Bertz CT molecular complexity index is 1250. The molecule has 0 N–H and O–H groups in total. The topological polar surface area (TPSA) is 49.9 Å². The molecule has 2 heterocycles. The van der Waals surface area contributed by atoms with Crippen LogP contribution in [0, 0.1) is 12.7 Å². The molecular weight excluding hydrogens is 427 g/mol. The van der Waals surface area contributed by atoms with Crippen molar-refractivity contribution >= 4 is 35.0 Å². The molecule has 2 amide bonds. The lowest BCUT2D eigenvalue weighted by Gasteiger charge is -2.33. The monoisotopic (exact) mass is 448 g/mol. The minimum atomic E-state index is -1.26. The summed E-state index contributed by atoms with van der Waals surface area (Å²) in [5.74, 6) is 0.0133. The normalized spacial score (nSPS) is 19.7. The summed E-state index contributed by atoms with van der Waals surface area (Å²) in [5, 5.41) is 0. The second-order valence-electron chi connectivity index (χ2n) is 7.86. The zero-order valence-corrected chi connectivity index (χ0v) is 18.5. The van der Waals surface area contributed by atoms with Crippen LogP contribution in [0.4, 0.5) is 15.8 Å². The first kappa shape index (κ1) is 20.6. The van der Waals surface area contributed by atoms with Crippen LogP contribution in [0.3, 0.4) is 0 Å². The summed E-state index contributed by atoms with van der Waals surface area (Å²) in [6, 6.07) is 19.7. The summed E-state index contributed by atoms with van der Waals surface area (Å²) in [5.41, 5.74) is 3.27. The van der Waals surface area contributed by atoms with Gasteiger partial charge in [-0.1, -0.05) is 36.4 Å². The molecule has 1 fully saturated rings. The fourth-order valence-electron chi connectivity index (χ4n) is 4.39. The van der Waals surface area contributed by atoms with Gasteiger partial charge in [0.15, 0.2) is 0 Å². The number of carbonyl (C=O) groups excluding carboxylic acids is 2. The quantitative estimate of drug-likeness (QED) is 0.584. The lowest BCUT2D eigenvalue weighted by molar-refractivity contribution is -0.123. The average molecular weight is 449 g/mol. The van der Waals surface area contributed by atoms with Crippen molar-refractivity contribution in [3.63, 3.8) is 0 Å². The number of hydrogen-bond donors (Lipinski definition) is 0. The fraction of sp³-hybridized carbons (Fsp3) is 0.200. The number of fused-ring (bicyclic) bond motifs is 2. The molecule has 0 aromatic heterocycles. The first-order chi connectivity index (χ1) is 15.5. The molecule has 1 atom stereocenters. The molecule has 1 unspecified atom stereocenters. The predicted molar refractivity (Wildman–Crippen MR) is 123 cm³/mol. The maximum absolute atomic E-state index is 14.4. The van der Waals surface area contributed by atoms with Gasteiger partial charge < -0.3 is 9.64 Å². The van der Waals surface area contributed by atoms with E-state index < -0.39 is 10.7 Å². The molecular formula is C25H21FN2O3S. The van der Waals surface area contributed by atoms with Crippen molar-refractivity contribution in [2.45, 2.75) is 18.3 Å². The van der Waals surface area contributed by atoms with Crippen molar-refractivity contribution < 1.29 is 18.7 Å². The highest BCUT2D eigenvalue weighted by molar-refractivity contribution is 8.02. The van der Waals surface area contributed by atoms with Crippen molar-refractivity contribution in [3.05, 3.63) is 89.2 Å². The highest BCUT2D eigenvalue weighted by Gasteiger charge is 2.60. The number of methoxy groups -OCH3 is 1. The van der Waals surface area contributed by atoms with Crippen LogP contribution in [0.15, 0.2) is 66.7 Å². The molecule has 0 saturated carbocycles. The number of para-hydroxylation sites is 1. The fourth-order valence-corrected chi connectivity index (χ4v) is 5.75. The Morgan fingerprint density at radius 2 is 1.88 bits per heavy atom. The van der Waals surface area contributed by atoms with Crippen LogP contribution in [0.5, 0.6) is 5.75 Å². The summed E-state index contributed by atoms with van der Waals surface area (Å²) >= 11 is 1.28. The molecule has 5 nitrogen and oxygen atoms in total. The van der Waals surface area contributed by atoms with Gasteiger partial charge in [-0.15, -0.1) is 11.8 Å². The molecule has 0 radical (unpaired) electrons. The van der Waals surface area contributed by atoms with E-state index in [4.69, 9.17) is 4.74 Å². The number of thioether (sulfide) groups is 1. The maximum Gasteiger partial charge on any atom is 0.269 e. The number of anilines is 2. The van der Waals surface area contributed by atoms with Gasteiger partial charge in [-0.25, -0.2) is 4.39 Å². The largest absolute Gasteiger partial charge is 0.497 e. The van der Waals surface area contributed by atoms with Crippen molar-refractivity contribution in [2.24, 2.45) is 0 Å². The lowest BCUT2D eigenvalue weighted by atomic mass is 10.0. The summed E-state index contributed by atoms with van der Waals surface area (Å²) in [4.78, 5) is 29.0. The number of aryl methyl sites for hydroxylation is 1. The molecule has 162 valence electrons. The smallest absolute Gasteiger partial charge is 0.269 e. The Hall–Kier alpha value is -3.32. The van der Waals surface area contributed by atoms with E-state index in [2.05, 4.69) is 0 Å². The second kappa shape index (κ2) is 7.67. The van der Waals surface area contributed by atoms with E-state index in [1.807, 2.05) is 48.5 Å². The number of amides is 2. The third kappa shape index (κ3) is 2.99. The molecule has 1 saturated heterocycles. The van der Waals surface area contributed by atoms with Gasteiger partial charge in [-0.3, -0.25) is 14.5 Å². The van der Waals surface area contributed by atoms with Crippen LogP contribution in [0.2, 0.25) is 0 Å². The van der Waals surface area contributed by atoms with E-state index in [0.717, 1.165) is 16.8 Å². The number of carbonyl (C=O) groups is 2. The second-order valence-corrected chi connectivity index (χ2v) is 9.02. The first-order valence-electron chi connectivity index (χ1n) is 10.2. The van der Waals surface area contributed by atoms with E-state index in [-0.39, 0.29) is 17.6 Å². The molecule has 5 rings (SSSR count). The van der Waals surface area contributed by atoms with Crippen molar-refractivity contribution in [3.8, 4) is 5.75 Å². The molecule has 2 aliphatic heterocycles. The van der Waals surface area contributed by atoms with Gasteiger partial charge in [0.1, 0.15) is 11.6 Å². The van der Waals surface area contributed by atoms with Gasteiger partial charge in [0.25, 0.3) is 5.91 Å². The Labute approximate surface area is 189 Å². The van der Waals surface area contributed by atoms with Crippen molar-refractivity contribution in [1.82, 2.24) is 0 Å². The molecule has 0 bridgehead atoms. The minimum Gasteiger partial charge on any atom is -0.497 e. The number of hydrogen-bond acceptors (Lipinski definition) is 4. The van der Waals surface area contributed by atoms with Gasteiger partial charge in [0.05, 0.1) is 25.1 Å². The first-order valence-corrected chi connectivity index (χ1v) is 11.2. The molecule has 7 heteroatoms. The third-order valence-electron chi connectivity index (χ3n) is 5.95. The molecule has 32 heavy (non-hydrogen) atoms. The van der Waals surface area contributed by atoms with E-state index >= 15 is 0 Å². The highest BCUT2D eigenvalue weighted by Crippen LogP contribution is 2.56. The summed E-state index contributed by atoms with van der Waals surface area (Å²) in [6.07, 6.45) is 0. The van der Waals surface area contributed by atoms with E-state index in [1.54, 1.807) is 31.1 Å². The molecule has 1 spiro atoms. The van der Waals surface area contributed by atoms with Crippen LogP contribution in [-0.4, -0.2) is 24.7 Å². The Balaban J connectivity index is 1.63. The maximum atomic E-state index is 14.4. The number of halogens is 1. The van der Waals surface area contributed by atoms with Gasteiger partial charge in [-0.2, -0.15) is 0 Å². The highest BCUT2D eigenvalue weighted by atomic mass is 32.2. The standard InChI is InChI=1S/C25H21FN2O3S/c1-16-10-11-18(13-21(16)26)28-23(29)15-32-25(28)20-8-3-4-9-22(20)27(24(25)30)14-17-6-5-7-19(12-17)31-2/h3-13H,14-15H2,1-2H3. The van der Waals surface area contributed by atoms with Crippen molar-refractivity contribution in [2.75, 3.05) is 22.7 Å². The predicted octanol–water partition coefficient (Wildman–Crippen LogP) is 4.62. The summed E-state index contributed by atoms with van der Waals surface area (Å²) in [7, 11) is 1.60. The minimum absolute atomic E-state index is 0.141. The van der Waals surface area contributed by atoms with Crippen LogP contribution < -0.4 is 14.5 Å². The van der Waals surface area contributed by atoms with Crippen LogP contribution in [0.1, 0.15) is 16.7 Å². The summed E-state index contributed by atoms with van der Waals surface area (Å²) in [6.45, 7) is 2.00. The number of benzene rings is 3. The van der Waals surface area contributed by atoms with E-state index in [1.165, 1.54) is 22.7 Å².